The van der Waals surface area contributed by atoms with Gasteiger partial charge in [-0.25, -0.2) is 4.79 Å². The molecule has 3 heterocycles. The van der Waals surface area contributed by atoms with E-state index in [2.05, 4.69) is 25.5 Å². The predicted molar refractivity (Wildman–Crippen MR) is 152 cm³/mol. The van der Waals surface area contributed by atoms with Crippen LogP contribution < -0.4 is 5.76 Å². The van der Waals surface area contributed by atoms with Crippen molar-refractivity contribution in [3.8, 4) is 11.4 Å². The number of rotatable bonds is 9. The molecule has 11 heteroatoms. The van der Waals surface area contributed by atoms with Gasteiger partial charge in [0, 0.05) is 32.2 Å². The number of hydrogen-bond donors (Lipinski definition) is 2. The van der Waals surface area contributed by atoms with Crippen LogP contribution in [-0.4, -0.2) is 78.8 Å². The minimum Gasteiger partial charge on any atom is -0.408 e. The highest BCUT2D eigenvalue weighted by Crippen LogP contribution is 2.25. The Morgan fingerprint density at radius 2 is 1.98 bits per heavy atom. The van der Waals surface area contributed by atoms with E-state index < -0.39 is 5.76 Å². The molecular formula is C30H31N7O4. The number of carbonyl (C=O) groups excluding carboxylic acids is 1. The number of benzene rings is 3. The number of β-amino-alcohol motifs (C(OH)–C–C–N with tert-alkyl or cyclic N) is 1. The van der Waals surface area contributed by atoms with Crippen molar-refractivity contribution < 1.29 is 14.3 Å². The van der Waals surface area contributed by atoms with Crippen LogP contribution in [0.2, 0.25) is 0 Å². The molecule has 3 aromatic carbocycles. The normalized spacial score (nSPS) is 16.3. The lowest BCUT2D eigenvalue weighted by Gasteiger charge is -2.32. The largest absolute Gasteiger partial charge is 0.420 e. The zero-order valence-corrected chi connectivity index (χ0v) is 22.7. The molecule has 1 aliphatic rings. The first kappa shape index (κ1) is 26.6. The number of oxazole rings is 1. The molecule has 210 valence electrons. The van der Waals surface area contributed by atoms with Crippen LogP contribution in [0.15, 0.2) is 82.0 Å². The SMILES string of the molecule is CN(C(=O)Cc1ccc2oc(=O)n(Cc3cccc(-c4nn[nH]n4)c3)c2c1)[C@H](CN1CC[C@H](O)C1)c1ccccc1. The average Bonchev–Trinajstić information content (AvgIpc) is 3.73. The van der Waals surface area contributed by atoms with E-state index in [1.54, 1.807) is 15.5 Å². The van der Waals surface area contributed by atoms with Gasteiger partial charge in [0.2, 0.25) is 11.7 Å². The van der Waals surface area contributed by atoms with Crippen molar-refractivity contribution in [1.29, 1.82) is 0 Å². The van der Waals surface area contributed by atoms with E-state index in [-0.39, 0.29) is 31.0 Å². The summed E-state index contributed by atoms with van der Waals surface area (Å²) in [5.74, 6) is -0.0402. The van der Waals surface area contributed by atoms with Gasteiger partial charge in [-0.1, -0.05) is 54.6 Å². The second-order valence-corrected chi connectivity index (χ2v) is 10.5. The molecule has 5 aromatic rings. The number of carbonyl (C=O) groups is 1. The van der Waals surface area contributed by atoms with Gasteiger partial charge in [0.15, 0.2) is 5.58 Å². The zero-order chi connectivity index (χ0) is 28.3. The molecule has 0 unspecified atom stereocenters. The molecule has 0 radical (unpaired) electrons. The Morgan fingerprint density at radius 3 is 2.73 bits per heavy atom. The fourth-order valence-electron chi connectivity index (χ4n) is 5.47. The highest BCUT2D eigenvalue weighted by molar-refractivity contribution is 5.81. The van der Waals surface area contributed by atoms with Crippen LogP contribution in [-0.2, 0) is 17.8 Å². The molecule has 2 N–H and O–H groups in total. The fourth-order valence-corrected chi connectivity index (χ4v) is 5.47. The van der Waals surface area contributed by atoms with E-state index in [0.29, 0.717) is 30.0 Å². The number of hydrogen-bond acceptors (Lipinski definition) is 8. The fraction of sp³-hybridized carbons (Fsp3) is 0.300. The van der Waals surface area contributed by atoms with Gasteiger partial charge in [-0.2, -0.15) is 5.21 Å². The molecule has 0 saturated carbocycles. The summed E-state index contributed by atoms with van der Waals surface area (Å²) in [5.41, 5.74) is 4.57. The highest BCUT2D eigenvalue weighted by atomic mass is 16.4. The second kappa shape index (κ2) is 11.5. The van der Waals surface area contributed by atoms with E-state index in [1.807, 2.05) is 73.8 Å². The molecule has 1 fully saturated rings. The summed E-state index contributed by atoms with van der Waals surface area (Å²) in [6.45, 7) is 2.34. The van der Waals surface area contributed by atoms with Crippen LogP contribution in [0, 0.1) is 0 Å². The van der Waals surface area contributed by atoms with Gasteiger partial charge >= 0.3 is 5.76 Å². The molecule has 41 heavy (non-hydrogen) atoms. The molecule has 1 aliphatic heterocycles. The molecule has 0 bridgehead atoms. The number of H-pyrrole nitrogens is 1. The molecular weight excluding hydrogens is 522 g/mol. The maximum absolute atomic E-state index is 13.6. The molecule has 11 nitrogen and oxygen atoms in total. The van der Waals surface area contributed by atoms with Crippen molar-refractivity contribution in [2.24, 2.45) is 0 Å². The monoisotopic (exact) mass is 553 g/mol. The van der Waals surface area contributed by atoms with Crippen molar-refractivity contribution in [1.82, 2.24) is 35.0 Å². The number of aromatic nitrogens is 5. The number of amides is 1. The number of nitrogens with one attached hydrogen (secondary N) is 1. The van der Waals surface area contributed by atoms with E-state index in [9.17, 15) is 14.7 Å². The van der Waals surface area contributed by atoms with E-state index in [0.717, 1.165) is 35.2 Å². The maximum atomic E-state index is 13.6. The lowest BCUT2D eigenvalue weighted by molar-refractivity contribution is -0.131. The molecule has 1 saturated heterocycles. The number of fused-ring (bicyclic) bond motifs is 1. The van der Waals surface area contributed by atoms with E-state index in [1.165, 1.54) is 0 Å². The van der Waals surface area contributed by atoms with Crippen molar-refractivity contribution in [2.45, 2.75) is 31.5 Å². The third-order valence-corrected chi connectivity index (χ3v) is 7.68. The summed E-state index contributed by atoms with van der Waals surface area (Å²) >= 11 is 0. The Hall–Kier alpha value is -4.61. The molecule has 6 rings (SSSR count). The van der Waals surface area contributed by atoms with Gasteiger partial charge in [-0.3, -0.25) is 14.3 Å². The standard InChI is InChI=1S/C30H31N7O4/c1-35(26(22-7-3-2-4-8-22)19-36-13-12-24(38)18-36)28(39)16-20-10-11-27-25(15-20)37(30(40)41-27)17-21-6-5-9-23(14-21)29-31-33-34-32-29/h2-11,14-15,24,26,38H,12-13,16-19H2,1H3,(H,31,32,33,34)/t24-,26+/m0/s1. The smallest absolute Gasteiger partial charge is 0.408 e. The maximum Gasteiger partial charge on any atom is 0.420 e. The Morgan fingerprint density at radius 1 is 1.12 bits per heavy atom. The number of aromatic amines is 1. The van der Waals surface area contributed by atoms with Crippen LogP contribution in [0.4, 0.5) is 0 Å². The van der Waals surface area contributed by atoms with Gasteiger partial charge in [-0.05, 0) is 46.5 Å². The molecule has 0 spiro atoms. The summed E-state index contributed by atoms with van der Waals surface area (Å²) in [5, 5.41) is 24.1. The Balaban J connectivity index is 1.23. The quantitative estimate of drug-likeness (QED) is 0.285. The molecule has 2 aromatic heterocycles. The van der Waals surface area contributed by atoms with Crippen molar-refractivity contribution in [2.75, 3.05) is 26.7 Å². The van der Waals surface area contributed by atoms with Gasteiger partial charge in [0.05, 0.1) is 30.6 Å². The van der Waals surface area contributed by atoms with Crippen molar-refractivity contribution in [3.05, 3.63) is 100 Å². The topological polar surface area (TPSA) is 133 Å². The number of likely N-dealkylation sites (N-methyl/N-ethyl adjacent to an activating group) is 1. The van der Waals surface area contributed by atoms with Crippen LogP contribution >= 0.6 is 0 Å². The lowest BCUT2D eigenvalue weighted by atomic mass is 10.0. The average molecular weight is 554 g/mol. The van der Waals surface area contributed by atoms with Crippen LogP contribution in [0.3, 0.4) is 0 Å². The number of nitrogens with zero attached hydrogens (tertiary/aromatic N) is 6. The first-order valence-corrected chi connectivity index (χ1v) is 13.6. The predicted octanol–water partition coefficient (Wildman–Crippen LogP) is 2.63. The third kappa shape index (κ3) is 5.81. The van der Waals surface area contributed by atoms with Gasteiger partial charge in [-0.15, -0.1) is 10.2 Å². The van der Waals surface area contributed by atoms with Crippen LogP contribution in [0.1, 0.15) is 29.2 Å². The number of aliphatic hydroxyl groups is 1. The first-order chi connectivity index (χ1) is 19.9. The summed E-state index contributed by atoms with van der Waals surface area (Å²) in [7, 11) is 1.83. The van der Waals surface area contributed by atoms with Gasteiger partial charge in [0.1, 0.15) is 0 Å². The summed E-state index contributed by atoms with van der Waals surface area (Å²) < 4.78 is 7.07. The Kier molecular flexibility index (Phi) is 7.45. The van der Waals surface area contributed by atoms with E-state index >= 15 is 0 Å². The summed E-state index contributed by atoms with van der Waals surface area (Å²) in [6, 6.07) is 22.8. The highest BCUT2D eigenvalue weighted by Gasteiger charge is 2.28. The van der Waals surface area contributed by atoms with Crippen molar-refractivity contribution in [3.63, 3.8) is 0 Å². The minimum absolute atomic E-state index is 0.0387. The summed E-state index contributed by atoms with van der Waals surface area (Å²) in [4.78, 5) is 30.4. The number of aliphatic hydroxyl groups excluding tert-OH is 1. The summed E-state index contributed by atoms with van der Waals surface area (Å²) in [6.07, 6.45) is 0.589. The number of likely N-dealkylation sites (tertiary alicyclic amines) is 1. The Bertz CT molecular complexity index is 1700. The first-order valence-electron chi connectivity index (χ1n) is 13.6. The van der Waals surface area contributed by atoms with Crippen molar-refractivity contribution >= 4 is 17.0 Å². The van der Waals surface area contributed by atoms with Gasteiger partial charge < -0.3 is 14.4 Å². The van der Waals surface area contributed by atoms with E-state index in [4.69, 9.17) is 4.42 Å². The van der Waals surface area contributed by atoms with Crippen LogP contribution in [0.25, 0.3) is 22.5 Å². The zero-order valence-electron chi connectivity index (χ0n) is 22.7. The van der Waals surface area contributed by atoms with Crippen LogP contribution in [0.5, 0.6) is 0 Å². The molecule has 0 aliphatic carbocycles. The second-order valence-electron chi connectivity index (χ2n) is 10.5. The third-order valence-electron chi connectivity index (χ3n) is 7.68. The molecule has 1 amide bonds. The minimum atomic E-state index is -0.470. The molecule has 2 atom stereocenters. The Labute approximate surface area is 236 Å². The number of tetrazole rings is 1. The lowest BCUT2D eigenvalue weighted by Crippen LogP contribution is -2.39. The van der Waals surface area contributed by atoms with Gasteiger partial charge in [0.25, 0.3) is 0 Å².